The molecular weight excluding hydrogens is 452 g/mol. The maximum atomic E-state index is 12.1. The summed E-state index contributed by atoms with van der Waals surface area (Å²) in [5.41, 5.74) is 6.90. The molecule has 2 aromatic carbocycles. The third kappa shape index (κ3) is 7.63. The van der Waals surface area contributed by atoms with E-state index in [0.717, 1.165) is 0 Å². The van der Waals surface area contributed by atoms with Gasteiger partial charge in [0, 0.05) is 5.56 Å². The fourth-order valence-electron chi connectivity index (χ4n) is 2.70. The Labute approximate surface area is 201 Å². The minimum Gasteiger partial charge on any atom is -0.431 e. The number of carbonyl (C=O) groups excluding carboxylic acids is 3. The smallest absolute Gasteiger partial charge is 0.431 e. The predicted octanol–water partition coefficient (Wildman–Crippen LogP) is 4.37. The molecule has 0 saturated carbocycles. The number of azo groups is 1. The lowest BCUT2D eigenvalue weighted by molar-refractivity contribution is -0.115. The molecule has 2 amide bonds. The lowest BCUT2D eigenvalue weighted by atomic mass is 10.2. The standard InChI is InChI=1S/C24H24N6O5/c1-15(2)34-24(33)35-19-11-7-6-10-17(19)29-30-18-12-13-20(28-22(18)25)27-21(31)14-26-23(32)16-8-4-3-5-9-16/h3-13,15H,14H2,1-2H3,(H,26,32)(H3,25,27,28,31)/b30-29+. The number of para-hydroxylation sites is 1. The van der Waals surface area contributed by atoms with E-state index in [1.807, 2.05) is 0 Å². The molecule has 0 atom stereocenters. The number of nitrogens with one attached hydrogen (secondary N) is 2. The molecule has 0 bridgehead atoms. The molecule has 3 rings (SSSR count). The number of nitrogen functional groups attached to an aromatic ring is 1. The summed E-state index contributed by atoms with van der Waals surface area (Å²) in [5, 5.41) is 13.2. The molecule has 1 heterocycles. The number of hydrogen-bond acceptors (Lipinski definition) is 9. The summed E-state index contributed by atoms with van der Waals surface area (Å²) >= 11 is 0. The maximum absolute atomic E-state index is 12.1. The quantitative estimate of drug-likeness (QED) is 0.247. The van der Waals surface area contributed by atoms with Crippen molar-refractivity contribution in [3.63, 3.8) is 0 Å². The number of nitrogens with zero attached hydrogens (tertiary/aromatic N) is 3. The molecule has 0 aliphatic rings. The van der Waals surface area contributed by atoms with Crippen LogP contribution >= 0.6 is 0 Å². The number of benzene rings is 2. The summed E-state index contributed by atoms with van der Waals surface area (Å²) < 4.78 is 10.1. The monoisotopic (exact) mass is 476 g/mol. The van der Waals surface area contributed by atoms with Crippen molar-refractivity contribution >= 4 is 41.0 Å². The van der Waals surface area contributed by atoms with Crippen LogP contribution in [0, 0.1) is 0 Å². The second-order valence-electron chi connectivity index (χ2n) is 7.38. The highest BCUT2D eigenvalue weighted by molar-refractivity contribution is 5.99. The zero-order valence-corrected chi connectivity index (χ0v) is 19.1. The van der Waals surface area contributed by atoms with Crippen molar-refractivity contribution in [3.05, 3.63) is 72.3 Å². The Morgan fingerprint density at radius 3 is 2.34 bits per heavy atom. The van der Waals surface area contributed by atoms with E-state index in [4.69, 9.17) is 15.2 Å². The van der Waals surface area contributed by atoms with Gasteiger partial charge in [0.1, 0.15) is 17.2 Å². The van der Waals surface area contributed by atoms with E-state index in [9.17, 15) is 14.4 Å². The van der Waals surface area contributed by atoms with Crippen molar-refractivity contribution in [2.75, 3.05) is 17.6 Å². The minimum absolute atomic E-state index is 0.0116. The van der Waals surface area contributed by atoms with Gasteiger partial charge in [0.15, 0.2) is 11.6 Å². The first kappa shape index (κ1) is 24.8. The van der Waals surface area contributed by atoms with Crippen molar-refractivity contribution in [1.82, 2.24) is 10.3 Å². The molecule has 180 valence electrons. The van der Waals surface area contributed by atoms with Gasteiger partial charge < -0.3 is 25.8 Å². The molecule has 11 nitrogen and oxygen atoms in total. The molecule has 0 spiro atoms. The van der Waals surface area contributed by atoms with Crippen LogP contribution in [0.3, 0.4) is 0 Å². The average molecular weight is 476 g/mol. The number of ether oxygens (including phenoxy) is 2. The van der Waals surface area contributed by atoms with Gasteiger partial charge in [0.25, 0.3) is 5.91 Å². The molecule has 0 fully saturated rings. The zero-order chi connectivity index (χ0) is 25.2. The molecule has 3 aromatic rings. The Bertz CT molecular complexity index is 1230. The number of carbonyl (C=O) groups is 3. The molecular formula is C24H24N6O5. The van der Waals surface area contributed by atoms with Crippen LogP contribution in [0.15, 0.2) is 77.0 Å². The number of hydrogen-bond donors (Lipinski definition) is 3. The van der Waals surface area contributed by atoms with E-state index in [0.29, 0.717) is 5.56 Å². The van der Waals surface area contributed by atoms with Crippen LogP contribution < -0.4 is 21.1 Å². The Morgan fingerprint density at radius 1 is 0.943 bits per heavy atom. The van der Waals surface area contributed by atoms with Crippen molar-refractivity contribution in [3.8, 4) is 5.75 Å². The van der Waals surface area contributed by atoms with E-state index in [2.05, 4.69) is 25.8 Å². The van der Waals surface area contributed by atoms with Gasteiger partial charge in [-0.05, 0) is 50.2 Å². The zero-order valence-electron chi connectivity index (χ0n) is 19.1. The fraction of sp³-hybridized carbons (Fsp3) is 0.167. The summed E-state index contributed by atoms with van der Waals surface area (Å²) in [6, 6.07) is 18.1. The highest BCUT2D eigenvalue weighted by Crippen LogP contribution is 2.30. The van der Waals surface area contributed by atoms with E-state index in [-0.39, 0.29) is 47.3 Å². The molecule has 11 heteroatoms. The molecule has 4 N–H and O–H groups in total. The van der Waals surface area contributed by atoms with Crippen molar-refractivity contribution in [2.45, 2.75) is 20.0 Å². The van der Waals surface area contributed by atoms with E-state index >= 15 is 0 Å². The number of aromatic nitrogens is 1. The molecule has 35 heavy (non-hydrogen) atoms. The van der Waals surface area contributed by atoms with Crippen molar-refractivity contribution in [2.24, 2.45) is 10.2 Å². The van der Waals surface area contributed by atoms with Gasteiger partial charge >= 0.3 is 6.16 Å². The maximum Gasteiger partial charge on any atom is 0.514 e. The number of nitrogens with two attached hydrogens (primary N) is 1. The molecule has 0 saturated heterocycles. The summed E-state index contributed by atoms with van der Waals surface area (Å²) in [4.78, 5) is 40.1. The number of rotatable bonds is 8. The number of amides is 2. The Kier molecular flexibility index (Phi) is 8.43. The van der Waals surface area contributed by atoms with Crippen LogP contribution in [-0.2, 0) is 9.53 Å². The molecule has 0 aliphatic carbocycles. The molecule has 0 radical (unpaired) electrons. The summed E-state index contributed by atoms with van der Waals surface area (Å²) in [5.74, 6) is -0.492. The second kappa shape index (κ2) is 11.9. The van der Waals surface area contributed by atoms with Gasteiger partial charge in [-0.15, -0.1) is 10.2 Å². The van der Waals surface area contributed by atoms with Gasteiger partial charge in [-0.1, -0.05) is 30.3 Å². The number of pyridine rings is 1. The van der Waals surface area contributed by atoms with Gasteiger partial charge in [0.05, 0.1) is 12.6 Å². The van der Waals surface area contributed by atoms with Gasteiger partial charge in [-0.3, -0.25) is 9.59 Å². The Morgan fingerprint density at radius 2 is 1.63 bits per heavy atom. The predicted molar refractivity (Wildman–Crippen MR) is 129 cm³/mol. The average Bonchev–Trinajstić information content (AvgIpc) is 2.83. The van der Waals surface area contributed by atoms with Crippen LogP contribution in [0.2, 0.25) is 0 Å². The first-order valence-electron chi connectivity index (χ1n) is 10.6. The lowest BCUT2D eigenvalue weighted by Gasteiger charge is -2.09. The first-order valence-corrected chi connectivity index (χ1v) is 10.6. The van der Waals surface area contributed by atoms with Gasteiger partial charge in [-0.2, -0.15) is 0 Å². The highest BCUT2D eigenvalue weighted by atomic mass is 16.7. The van der Waals surface area contributed by atoms with Crippen molar-refractivity contribution in [1.29, 1.82) is 0 Å². The third-order valence-electron chi connectivity index (χ3n) is 4.27. The molecule has 0 aliphatic heterocycles. The minimum atomic E-state index is -0.858. The van der Waals surface area contributed by atoms with Crippen LogP contribution in [0.1, 0.15) is 24.2 Å². The van der Waals surface area contributed by atoms with Gasteiger partial charge in [-0.25, -0.2) is 9.78 Å². The number of anilines is 2. The van der Waals surface area contributed by atoms with Crippen LogP contribution in [0.5, 0.6) is 5.75 Å². The fourth-order valence-corrected chi connectivity index (χ4v) is 2.70. The van der Waals surface area contributed by atoms with Crippen LogP contribution in [0.25, 0.3) is 0 Å². The molecule has 1 aromatic heterocycles. The first-order chi connectivity index (χ1) is 16.8. The lowest BCUT2D eigenvalue weighted by Crippen LogP contribution is -2.33. The summed E-state index contributed by atoms with van der Waals surface area (Å²) in [6.45, 7) is 3.16. The van der Waals surface area contributed by atoms with Crippen LogP contribution in [0.4, 0.5) is 27.8 Å². The van der Waals surface area contributed by atoms with Gasteiger partial charge in [0.2, 0.25) is 5.91 Å². The Balaban J connectivity index is 1.60. The third-order valence-corrected chi connectivity index (χ3v) is 4.27. The van der Waals surface area contributed by atoms with E-state index in [1.165, 1.54) is 12.1 Å². The second-order valence-corrected chi connectivity index (χ2v) is 7.38. The normalized spacial score (nSPS) is 10.7. The highest BCUT2D eigenvalue weighted by Gasteiger charge is 2.12. The van der Waals surface area contributed by atoms with E-state index < -0.39 is 12.1 Å². The van der Waals surface area contributed by atoms with Crippen LogP contribution in [-0.4, -0.2) is 35.6 Å². The summed E-state index contributed by atoms with van der Waals surface area (Å²) in [6.07, 6.45) is -1.19. The van der Waals surface area contributed by atoms with Crippen molar-refractivity contribution < 1.29 is 23.9 Å². The molecule has 0 unspecified atom stereocenters. The topological polar surface area (TPSA) is 157 Å². The Hall–Kier alpha value is -4.80. The summed E-state index contributed by atoms with van der Waals surface area (Å²) in [7, 11) is 0. The largest absolute Gasteiger partial charge is 0.514 e. The SMILES string of the molecule is CC(C)OC(=O)Oc1ccccc1/N=N/c1ccc(NC(=O)CNC(=O)c2ccccc2)nc1N. The van der Waals surface area contributed by atoms with E-state index in [1.54, 1.807) is 68.4 Å².